The zero-order valence-electron chi connectivity index (χ0n) is 10.4. The van der Waals surface area contributed by atoms with Crippen molar-refractivity contribution in [2.75, 3.05) is 0 Å². The van der Waals surface area contributed by atoms with Crippen molar-refractivity contribution in [2.24, 2.45) is 0 Å². The highest BCUT2D eigenvalue weighted by molar-refractivity contribution is 5.30. The van der Waals surface area contributed by atoms with Gasteiger partial charge in [-0.2, -0.15) is 0 Å². The van der Waals surface area contributed by atoms with E-state index in [1.54, 1.807) is 17.1 Å². The second-order valence-electron chi connectivity index (χ2n) is 4.22. The summed E-state index contributed by atoms with van der Waals surface area (Å²) in [5.41, 5.74) is 0.800. The van der Waals surface area contributed by atoms with Gasteiger partial charge in [0.25, 0.3) is 0 Å². The summed E-state index contributed by atoms with van der Waals surface area (Å²) in [5, 5.41) is 4.43. The van der Waals surface area contributed by atoms with Gasteiger partial charge in [-0.05, 0) is 19.1 Å². The number of aromatic nitrogens is 5. The smallest absolute Gasteiger partial charge is 0.313 e. The molecule has 3 aromatic rings. The van der Waals surface area contributed by atoms with Crippen LogP contribution in [-0.4, -0.2) is 24.3 Å². The van der Waals surface area contributed by atoms with Gasteiger partial charge < -0.3 is 4.98 Å². The molecule has 0 spiro atoms. The first-order valence-electron chi connectivity index (χ1n) is 5.96. The van der Waals surface area contributed by atoms with Crippen LogP contribution in [0.4, 0.5) is 0 Å². The zero-order chi connectivity index (χ0) is 13.2. The predicted molar refractivity (Wildman–Crippen MR) is 70.3 cm³/mol. The Morgan fingerprint density at radius 3 is 2.74 bits per heavy atom. The lowest BCUT2D eigenvalue weighted by Crippen LogP contribution is -2.17. The summed E-state index contributed by atoms with van der Waals surface area (Å²) in [6.45, 7) is 2.26. The minimum atomic E-state index is -0.159. The Balaban J connectivity index is 1.94. The molecule has 1 aromatic carbocycles. The molecule has 96 valence electrons. The predicted octanol–water partition coefficient (Wildman–Crippen LogP) is 1.11. The first kappa shape index (κ1) is 11.5. The summed E-state index contributed by atoms with van der Waals surface area (Å²) in [6, 6.07) is 9.79. The van der Waals surface area contributed by atoms with Gasteiger partial charge in [-0.15, -0.1) is 5.10 Å². The third-order valence-electron chi connectivity index (χ3n) is 2.85. The number of nitrogens with zero attached hydrogens (tertiary/aromatic N) is 4. The average Bonchev–Trinajstić information content (AvgIpc) is 2.98. The highest BCUT2D eigenvalue weighted by Crippen LogP contribution is 2.09. The van der Waals surface area contributed by atoms with E-state index in [0.29, 0.717) is 12.4 Å². The first-order valence-corrected chi connectivity index (χ1v) is 5.96. The number of benzene rings is 1. The Hall–Kier alpha value is -2.63. The van der Waals surface area contributed by atoms with Crippen molar-refractivity contribution in [1.82, 2.24) is 24.3 Å². The molecule has 0 bridgehead atoms. The molecule has 0 fully saturated rings. The molecule has 0 aliphatic heterocycles. The summed E-state index contributed by atoms with van der Waals surface area (Å²) in [5.74, 6) is 1.41. The maximum Gasteiger partial charge on any atom is 0.325 e. The van der Waals surface area contributed by atoms with Gasteiger partial charge in [-0.3, -0.25) is 4.57 Å². The highest BCUT2D eigenvalue weighted by Gasteiger charge is 2.08. The minimum absolute atomic E-state index is 0.159. The maximum atomic E-state index is 11.4. The number of hydrogen-bond acceptors (Lipinski definition) is 3. The van der Waals surface area contributed by atoms with Gasteiger partial charge in [0.1, 0.15) is 5.82 Å². The Kier molecular flexibility index (Phi) is 2.75. The Morgan fingerprint density at radius 2 is 2.05 bits per heavy atom. The number of H-pyrrole nitrogens is 1. The molecule has 2 heterocycles. The molecule has 0 radical (unpaired) electrons. The molecule has 6 nitrogen and oxygen atoms in total. The van der Waals surface area contributed by atoms with Gasteiger partial charge in [0.2, 0.25) is 0 Å². The topological polar surface area (TPSA) is 68.5 Å². The van der Waals surface area contributed by atoms with Crippen LogP contribution in [0, 0.1) is 6.92 Å². The van der Waals surface area contributed by atoms with E-state index in [1.165, 1.54) is 4.57 Å². The van der Waals surface area contributed by atoms with Gasteiger partial charge in [0.15, 0.2) is 5.82 Å². The molecule has 0 saturated carbocycles. The van der Waals surface area contributed by atoms with Crippen molar-refractivity contribution < 1.29 is 0 Å². The fourth-order valence-corrected chi connectivity index (χ4v) is 1.95. The van der Waals surface area contributed by atoms with Gasteiger partial charge in [-0.25, -0.2) is 14.5 Å². The molecule has 0 amide bonds. The Morgan fingerprint density at radius 1 is 1.26 bits per heavy atom. The molecular formula is C13H13N5O. The molecule has 0 atom stereocenters. The molecule has 0 aliphatic carbocycles. The molecule has 0 unspecified atom stereocenters. The fraction of sp³-hybridized carbons (Fsp3) is 0.154. The normalized spacial score (nSPS) is 10.8. The standard InChI is InChI=1S/C13H13N5O/c1-10-15-12(9-17-8-7-14-13(17)19)16-18(10)11-5-3-2-4-6-11/h2-8H,9H2,1H3,(H,14,19). The molecule has 2 aromatic heterocycles. The number of rotatable bonds is 3. The largest absolute Gasteiger partial charge is 0.325 e. The number of aryl methyl sites for hydroxylation is 1. The van der Waals surface area contributed by atoms with E-state index in [2.05, 4.69) is 15.1 Å². The van der Waals surface area contributed by atoms with E-state index >= 15 is 0 Å². The SMILES string of the molecule is Cc1nc(Cn2cc[nH]c2=O)nn1-c1ccccc1. The molecule has 19 heavy (non-hydrogen) atoms. The Labute approximate surface area is 109 Å². The number of nitrogens with one attached hydrogen (secondary N) is 1. The summed E-state index contributed by atoms with van der Waals surface area (Å²) < 4.78 is 3.30. The quantitative estimate of drug-likeness (QED) is 0.762. The van der Waals surface area contributed by atoms with Crippen molar-refractivity contribution >= 4 is 0 Å². The van der Waals surface area contributed by atoms with E-state index in [0.717, 1.165) is 11.5 Å². The van der Waals surface area contributed by atoms with Crippen LogP contribution in [-0.2, 0) is 6.54 Å². The van der Waals surface area contributed by atoms with Crippen molar-refractivity contribution in [3.8, 4) is 5.69 Å². The van der Waals surface area contributed by atoms with Crippen molar-refractivity contribution in [3.63, 3.8) is 0 Å². The van der Waals surface area contributed by atoms with E-state index in [-0.39, 0.29) is 5.69 Å². The van der Waals surface area contributed by atoms with Gasteiger partial charge in [-0.1, -0.05) is 18.2 Å². The highest BCUT2D eigenvalue weighted by atomic mass is 16.1. The van der Waals surface area contributed by atoms with E-state index in [4.69, 9.17) is 0 Å². The van der Waals surface area contributed by atoms with Crippen molar-refractivity contribution in [1.29, 1.82) is 0 Å². The minimum Gasteiger partial charge on any atom is -0.313 e. The second kappa shape index (κ2) is 4.56. The number of para-hydroxylation sites is 1. The van der Waals surface area contributed by atoms with Crippen LogP contribution < -0.4 is 5.69 Å². The molecular weight excluding hydrogens is 242 g/mol. The monoisotopic (exact) mass is 255 g/mol. The summed E-state index contributed by atoms with van der Waals surface area (Å²) in [7, 11) is 0. The second-order valence-corrected chi connectivity index (χ2v) is 4.22. The Bertz CT molecular complexity index is 738. The first-order chi connectivity index (χ1) is 9.24. The van der Waals surface area contributed by atoms with Crippen LogP contribution in [0.5, 0.6) is 0 Å². The number of hydrogen-bond donors (Lipinski definition) is 1. The molecule has 3 rings (SSSR count). The average molecular weight is 255 g/mol. The van der Waals surface area contributed by atoms with Crippen LogP contribution >= 0.6 is 0 Å². The maximum absolute atomic E-state index is 11.4. The third kappa shape index (κ3) is 2.20. The molecule has 0 saturated heterocycles. The lowest BCUT2D eigenvalue weighted by molar-refractivity contribution is 0.708. The molecule has 1 N–H and O–H groups in total. The van der Waals surface area contributed by atoms with Crippen LogP contribution in [0.15, 0.2) is 47.5 Å². The van der Waals surface area contributed by atoms with Gasteiger partial charge in [0.05, 0.1) is 12.2 Å². The lowest BCUT2D eigenvalue weighted by atomic mass is 10.3. The summed E-state index contributed by atoms with van der Waals surface area (Å²) in [4.78, 5) is 18.4. The lowest BCUT2D eigenvalue weighted by Gasteiger charge is -2.01. The summed E-state index contributed by atoms with van der Waals surface area (Å²) >= 11 is 0. The summed E-state index contributed by atoms with van der Waals surface area (Å²) in [6.07, 6.45) is 3.28. The van der Waals surface area contributed by atoms with E-state index in [1.807, 2.05) is 37.3 Å². The molecule has 0 aliphatic rings. The third-order valence-corrected chi connectivity index (χ3v) is 2.85. The molecule has 6 heteroatoms. The fourth-order valence-electron chi connectivity index (χ4n) is 1.95. The van der Waals surface area contributed by atoms with Crippen LogP contribution in [0.1, 0.15) is 11.6 Å². The van der Waals surface area contributed by atoms with Crippen molar-refractivity contribution in [2.45, 2.75) is 13.5 Å². The van der Waals surface area contributed by atoms with Crippen LogP contribution in [0.25, 0.3) is 5.69 Å². The van der Waals surface area contributed by atoms with Gasteiger partial charge >= 0.3 is 5.69 Å². The van der Waals surface area contributed by atoms with Gasteiger partial charge in [0, 0.05) is 12.4 Å². The van der Waals surface area contributed by atoms with E-state index in [9.17, 15) is 4.79 Å². The number of imidazole rings is 1. The number of aromatic amines is 1. The van der Waals surface area contributed by atoms with E-state index < -0.39 is 0 Å². The zero-order valence-corrected chi connectivity index (χ0v) is 10.4. The van der Waals surface area contributed by atoms with Crippen molar-refractivity contribution in [3.05, 3.63) is 64.9 Å². The van der Waals surface area contributed by atoms with Crippen LogP contribution in [0.2, 0.25) is 0 Å². The van der Waals surface area contributed by atoms with Crippen LogP contribution in [0.3, 0.4) is 0 Å².